The lowest BCUT2D eigenvalue weighted by atomic mass is 10.0. The SMILES string of the molecule is COC(=O)CN(C)C(=O)C(CC(C)C)NS(C)(=O)=O. The molecule has 1 amide bonds. The minimum absolute atomic E-state index is 0.134. The Hall–Kier alpha value is -1.15. The summed E-state index contributed by atoms with van der Waals surface area (Å²) in [5.41, 5.74) is 0. The number of hydrogen-bond acceptors (Lipinski definition) is 5. The number of nitrogens with one attached hydrogen (secondary N) is 1. The minimum Gasteiger partial charge on any atom is -0.468 e. The predicted molar refractivity (Wildman–Crippen MR) is 70.9 cm³/mol. The van der Waals surface area contributed by atoms with Crippen molar-refractivity contribution in [1.29, 1.82) is 0 Å². The summed E-state index contributed by atoms with van der Waals surface area (Å²) in [7, 11) is -0.845. The van der Waals surface area contributed by atoms with Crippen LogP contribution in [-0.2, 0) is 24.3 Å². The van der Waals surface area contributed by atoms with Crippen molar-refractivity contribution in [1.82, 2.24) is 9.62 Å². The van der Waals surface area contributed by atoms with Crippen LogP contribution in [0.5, 0.6) is 0 Å². The van der Waals surface area contributed by atoms with Crippen molar-refractivity contribution in [2.75, 3.05) is 27.0 Å². The molecule has 0 aliphatic heterocycles. The van der Waals surface area contributed by atoms with Gasteiger partial charge in [-0.15, -0.1) is 0 Å². The largest absolute Gasteiger partial charge is 0.468 e. The van der Waals surface area contributed by atoms with Crippen LogP contribution in [0.15, 0.2) is 0 Å². The van der Waals surface area contributed by atoms with Gasteiger partial charge in [0.25, 0.3) is 0 Å². The van der Waals surface area contributed by atoms with Gasteiger partial charge in [0.15, 0.2) is 0 Å². The summed E-state index contributed by atoms with van der Waals surface area (Å²) in [4.78, 5) is 24.4. The van der Waals surface area contributed by atoms with Crippen molar-refractivity contribution >= 4 is 21.9 Å². The third-order valence-electron chi connectivity index (χ3n) is 2.33. The molecule has 1 atom stereocenters. The third-order valence-corrected chi connectivity index (χ3v) is 3.04. The van der Waals surface area contributed by atoms with Gasteiger partial charge >= 0.3 is 5.97 Å². The van der Waals surface area contributed by atoms with Gasteiger partial charge in [0.05, 0.1) is 13.4 Å². The summed E-state index contributed by atoms with van der Waals surface area (Å²) in [5.74, 6) is -0.877. The number of carbonyl (C=O) groups is 2. The molecule has 112 valence electrons. The summed E-state index contributed by atoms with van der Waals surface area (Å²) in [6, 6.07) is -0.871. The first-order valence-electron chi connectivity index (χ1n) is 5.86. The lowest BCUT2D eigenvalue weighted by Gasteiger charge is -2.24. The van der Waals surface area contributed by atoms with Crippen LogP contribution in [0.25, 0.3) is 0 Å². The van der Waals surface area contributed by atoms with Crippen molar-refractivity contribution in [3.8, 4) is 0 Å². The van der Waals surface area contributed by atoms with E-state index in [1.165, 1.54) is 14.2 Å². The van der Waals surface area contributed by atoms with Crippen molar-refractivity contribution in [2.24, 2.45) is 5.92 Å². The molecule has 0 fully saturated rings. The maximum absolute atomic E-state index is 12.1. The number of amides is 1. The molecule has 0 aromatic rings. The molecule has 0 saturated heterocycles. The highest BCUT2D eigenvalue weighted by Crippen LogP contribution is 2.08. The van der Waals surface area contributed by atoms with Crippen LogP contribution in [0, 0.1) is 5.92 Å². The monoisotopic (exact) mass is 294 g/mol. The first-order valence-corrected chi connectivity index (χ1v) is 7.75. The minimum atomic E-state index is -3.50. The molecule has 0 aliphatic rings. The van der Waals surface area contributed by atoms with Gasteiger partial charge < -0.3 is 9.64 Å². The number of carbonyl (C=O) groups excluding carboxylic acids is 2. The van der Waals surface area contributed by atoms with Crippen LogP contribution in [0.2, 0.25) is 0 Å². The van der Waals surface area contributed by atoms with Crippen LogP contribution in [0.1, 0.15) is 20.3 Å². The second-order valence-electron chi connectivity index (χ2n) is 4.84. The Kier molecular flexibility index (Phi) is 6.99. The van der Waals surface area contributed by atoms with E-state index in [4.69, 9.17) is 0 Å². The number of rotatable bonds is 7. The molecule has 8 heteroatoms. The standard InChI is InChI=1S/C11H22N2O5S/c1-8(2)6-9(12-19(5,16)17)11(15)13(3)7-10(14)18-4/h8-9,12H,6-7H2,1-5H3. The number of nitrogens with zero attached hydrogens (tertiary/aromatic N) is 1. The van der Waals surface area contributed by atoms with E-state index in [9.17, 15) is 18.0 Å². The Labute approximate surface area is 114 Å². The summed E-state index contributed by atoms with van der Waals surface area (Å²) in [5, 5.41) is 0. The Balaban J connectivity index is 4.84. The second kappa shape index (κ2) is 7.44. The van der Waals surface area contributed by atoms with E-state index < -0.39 is 27.9 Å². The Morgan fingerprint density at radius 1 is 1.32 bits per heavy atom. The highest BCUT2D eigenvalue weighted by Gasteiger charge is 2.26. The zero-order valence-electron chi connectivity index (χ0n) is 12.0. The predicted octanol–water partition coefficient (Wildman–Crippen LogP) is -0.418. The molecule has 0 bridgehead atoms. The molecule has 0 aromatic heterocycles. The fourth-order valence-electron chi connectivity index (χ4n) is 1.53. The Bertz CT molecular complexity index is 419. The lowest BCUT2D eigenvalue weighted by molar-refractivity contribution is -0.146. The molecule has 0 aromatic carbocycles. The molecule has 19 heavy (non-hydrogen) atoms. The maximum Gasteiger partial charge on any atom is 0.325 e. The average molecular weight is 294 g/mol. The molecule has 0 rings (SSSR count). The number of sulfonamides is 1. The molecule has 0 radical (unpaired) electrons. The van der Waals surface area contributed by atoms with Crippen LogP contribution in [0.3, 0.4) is 0 Å². The number of hydrogen-bond donors (Lipinski definition) is 1. The molecule has 1 unspecified atom stereocenters. The quantitative estimate of drug-likeness (QED) is 0.644. The summed E-state index contributed by atoms with van der Waals surface area (Å²) in [6.07, 6.45) is 1.35. The fraction of sp³-hybridized carbons (Fsp3) is 0.818. The first-order chi connectivity index (χ1) is 8.56. The van der Waals surface area contributed by atoms with E-state index in [2.05, 4.69) is 9.46 Å². The smallest absolute Gasteiger partial charge is 0.325 e. The van der Waals surface area contributed by atoms with Gasteiger partial charge in [-0.2, -0.15) is 0 Å². The van der Waals surface area contributed by atoms with Gasteiger partial charge in [0.2, 0.25) is 15.9 Å². The van der Waals surface area contributed by atoms with Crippen molar-refractivity contribution in [2.45, 2.75) is 26.3 Å². The van der Waals surface area contributed by atoms with E-state index in [0.717, 1.165) is 11.2 Å². The topological polar surface area (TPSA) is 92.8 Å². The van der Waals surface area contributed by atoms with Crippen LogP contribution < -0.4 is 4.72 Å². The first kappa shape index (κ1) is 17.8. The van der Waals surface area contributed by atoms with E-state index in [1.807, 2.05) is 13.8 Å². The lowest BCUT2D eigenvalue weighted by Crippen LogP contribution is -2.48. The summed E-state index contributed by atoms with van der Waals surface area (Å²) in [6.45, 7) is 3.55. The molecule has 7 nitrogen and oxygen atoms in total. The highest BCUT2D eigenvalue weighted by molar-refractivity contribution is 7.88. The van der Waals surface area contributed by atoms with Gasteiger partial charge in [-0.05, 0) is 12.3 Å². The molecular weight excluding hydrogens is 272 g/mol. The van der Waals surface area contributed by atoms with Gasteiger partial charge in [0, 0.05) is 7.05 Å². The highest BCUT2D eigenvalue weighted by atomic mass is 32.2. The molecule has 0 saturated carbocycles. The Morgan fingerprint density at radius 2 is 1.84 bits per heavy atom. The maximum atomic E-state index is 12.1. The van der Waals surface area contributed by atoms with E-state index in [-0.39, 0.29) is 12.5 Å². The number of ether oxygens (including phenoxy) is 1. The van der Waals surface area contributed by atoms with Crippen molar-refractivity contribution in [3.05, 3.63) is 0 Å². The van der Waals surface area contributed by atoms with Crippen LogP contribution in [-0.4, -0.2) is 58.2 Å². The van der Waals surface area contributed by atoms with E-state index >= 15 is 0 Å². The zero-order chi connectivity index (χ0) is 15.2. The molecule has 1 N–H and O–H groups in total. The average Bonchev–Trinajstić information content (AvgIpc) is 2.24. The second-order valence-corrected chi connectivity index (χ2v) is 6.62. The van der Waals surface area contributed by atoms with E-state index in [0.29, 0.717) is 6.42 Å². The number of methoxy groups -OCH3 is 1. The number of esters is 1. The van der Waals surface area contributed by atoms with Crippen LogP contribution >= 0.6 is 0 Å². The van der Waals surface area contributed by atoms with Gasteiger partial charge in [-0.3, -0.25) is 9.59 Å². The molecule has 0 heterocycles. The van der Waals surface area contributed by atoms with Gasteiger partial charge in [-0.25, -0.2) is 13.1 Å². The van der Waals surface area contributed by atoms with E-state index in [1.54, 1.807) is 0 Å². The summed E-state index contributed by atoms with van der Waals surface area (Å²) >= 11 is 0. The van der Waals surface area contributed by atoms with Crippen molar-refractivity contribution < 1.29 is 22.7 Å². The molecule has 0 aliphatic carbocycles. The fourth-order valence-corrected chi connectivity index (χ4v) is 2.25. The zero-order valence-corrected chi connectivity index (χ0v) is 12.8. The van der Waals surface area contributed by atoms with Gasteiger partial charge in [0.1, 0.15) is 12.6 Å². The van der Waals surface area contributed by atoms with Crippen LogP contribution in [0.4, 0.5) is 0 Å². The van der Waals surface area contributed by atoms with Crippen molar-refractivity contribution in [3.63, 3.8) is 0 Å². The third kappa shape index (κ3) is 7.78. The normalized spacial score (nSPS) is 13.2. The van der Waals surface area contributed by atoms with Gasteiger partial charge in [-0.1, -0.05) is 13.8 Å². The molecule has 0 spiro atoms. The Morgan fingerprint density at radius 3 is 2.21 bits per heavy atom. The number of likely N-dealkylation sites (N-methyl/N-ethyl adjacent to an activating group) is 1. The summed E-state index contributed by atoms with van der Waals surface area (Å²) < 4.78 is 29.3. The molecular formula is C11H22N2O5S.